The van der Waals surface area contributed by atoms with Crippen LogP contribution in [0.15, 0.2) is 24.3 Å². The van der Waals surface area contributed by atoms with Gasteiger partial charge in [0.25, 0.3) is 0 Å². The monoisotopic (exact) mass is 348 g/mol. The van der Waals surface area contributed by atoms with E-state index in [-0.39, 0.29) is 27.9 Å². The number of thioether (sulfide) groups is 1. The summed E-state index contributed by atoms with van der Waals surface area (Å²) in [6.45, 7) is 8.99. The Morgan fingerprint density at radius 2 is 1.79 bits per heavy atom. The maximum absolute atomic E-state index is 12.5. The first-order valence-corrected chi connectivity index (χ1v) is 9.32. The number of carbonyl (C=O) groups is 2. The SMILES string of the molecule is C[C@H]1S[C@H](c2ccc(C(C)(C)C)cc2)N(CCC(=O)N(C)C)C1=O. The highest BCUT2D eigenvalue weighted by molar-refractivity contribution is 8.01. The molecule has 2 amide bonds. The van der Waals surface area contributed by atoms with Crippen molar-refractivity contribution in [2.45, 2.75) is 50.2 Å². The van der Waals surface area contributed by atoms with Crippen LogP contribution in [0.2, 0.25) is 0 Å². The van der Waals surface area contributed by atoms with E-state index >= 15 is 0 Å². The van der Waals surface area contributed by atoms with Crippen molar-refractivity contribution in [3.8, 4) is 0 Å². The molecule has 1 aliphatic rings. The van der Waals surface area contributed by atoms with Gasteiger partial charge < -0.3 is 9.80 Å². The zero-order chi connectivity index (χ0) is 18.1. The second-order valence-corrected chi connectivity index (χ2v) is 9.00. The third kappa shape index (κ3) is 4.12. The summed E-state index contributed by atoms with van der Waals surface area (Å²) in [4.78, 5) is 27.8. The van der Waals surface area contributed by atoms with Gasteiger partial charge in [0.1, 0.15) is 5.37 Å². The van der Waals surface area contributed by atoms with Crippen LogP contribution in [-0.2, 0) is 15.0 Å². The van der Waals surface area contributed by atoms with Gasteiger partial charge in [-0.1, -0.05) is 45.0 Å². The predicted octanol–water partition coefficient (Wildman–Crippen LogP) is 3.42. The van der Waals surface area contributed by atoms with Crippen molar-refractivity contribution in [1.82, 2.24) is 9.80 Å². The Morgan fingerprint density at radius 3 is 2.29 bits per heavy atom. The molecular weight excluding hydrogens is 320 g/mol. The molecule has 1 aromatic rings. The average Bonchev–Trinajstić information content (AvgIpc) is 2.79. The van der Waals surface area contributed by atoms with Crippen LogP contribution < -0.4 is 0 Å². The first kappa shape index (κ1) is 18.8. The highest BCUT2D eigenvalue weighted by atomic mass is 32.2. The van der Waals surface area contributed by atoms with Gasteiger partial charge >= 0.3 is 0 Å². The topological polar surface area (TPSA) is 40.6 Å². The second-order valence-electron chi connectivity index (χ2n) is 7.57. The lowest BCUT2D eigenvalue weighted by molar-refractivity contribution is -0.132. The molecule has 0 N–H and O–H groups in total. The number of carbonyl (C=O) groups excluding carboxylic acids is 2. The Kier molecular flexibility index (Phi) is 5.63. The summed E-state index contributed by atoms with van der Waals surface area (Å²) in [5.74, 6) is 0.172. The molecule has 1 saturated heterocycles. The fourth-order valence-corrected chi connectivity index (χ4v) is 4.06. The summed E-state index contributed by atoms with van der Waals surface area (Å²) in [5.41, 5.74) is 2.52. The van der Waals surface area contributed by atoms with E-state index in [4.69, 9.17) is 0 Å². The van der Waals surface area contributed by atoms with Crippen LogP contribution in [0.25, 0.3) is 0 Å². The van der Waals surface area contributed by atoms with Crippen LogP contribution in [-0.4, -0.2) is 47.5 Å². The molecule has 0 bridgehead atoms. The summed E-state index contributed by atoms with van der Waals surface area (Å²) in [6, 6.07) is 8.52. The highest BCUT2D eigenvalue weighted by Gasteiger charge is 2.38. The normalized spacial score (nSPS) is 21.2. The van der Waals surface area contributed by atoms with Gasteiger partial charge in [0.05, 0.1) is 5.25 Å². The van der Waals surface area contributed by atoms with Crippen molar-refractivity contribution in [3.05, 3.63) is 35.4 Å². The summed E-state index contributed by atoms with van der Waals surface area (Å²) in [5, 5.41) is -0.0665. The summed E-state index contributed by atoms with van der Waals surface area (Å²) < 4.78 is 0. The van der Waals surface area contributed by atoms with E-state index in [0.717, 1.165) is 5.56 Å². The summed E-state index contributed by atoms with van der Waals surface area (Å²) >= 11 is 1.66. The molecule has 0 radical (unpaired) electrons. The second kappa shape index (κ2) is 7.18. The lowest BCUT2D eigenvalue weighted by Crippen LogP contribution is -2.34. The first-order chi connectivity index (χ1) is 11.1. The molecule has 1 heterocycles. The molecule has 0 spiro atoms. The third-order valence-corrected chi connectivity index (χ3v) is 5.77. The van der Waals surface area contributed by atoms with Gasteiger partial charge in [-0.25, -0.2) is 0 Å². The molecule has 24 heavy (non-hydrogen) atoms. The molecule has 4 nitrogen and oxygen atoms in total. The number of rotatable bonds is 4. The quantitative estimate of drug-likeness (QED) is 0.837. The van der Waals surface area contributed by atoms with Gasteiger partial charge in [0.2, 0.25) is 11.8 Å². The number of hydrogen-bond donors (Lipinski definition) is 0. The van der Waals surface area contributed by atoms with Gasteiger partial charge in [0.15, 0.2) is 0 Å². The zero-order valence-electron chi connectivity index (χ0n) is 15.5. The Labute approximate surface area is 149 Å². The molecule has 1 aliphatic heterocycles. The van der Waals surface area contributed by atoms with E-state index in [1.54, 1.807) is 30.8 Å². The average molecular weight is 349 g/mol. The standard InChI is InChI=1S/C19H28N2O2S/c1-13-17(23)21(12-11-16(22)20(5)6)18(24-13)14-7-9-15(10-8-14)19(2,3)4/h7-10,13,18H,11-12H2,1-6H3/t13-,18-/m1/s1. The van der Waals surface area contributed by atoms with Gasteiger partial charge in [-0.15, -0.1) is 11.8 Å². The maximum atomic E-state index is 12.5. The molecule has 1 aromatic carbocycles. The minimum atomic E-state index is -0.0632. The number of nitrogens with zero attached hydrogens (tertiary/aromatic N) is 2. The van der Waals surface area contributed by atoms with Crippen molar-refractivity contribution >= 4 is 23.6 Å². The summed E-state index contributed by atoms with van der Waals surface area (Å²) in [7, 11) is 3.49. The predicted molar refractivity (Wildman–Crippen MR) is 100.0 cm³/mol. The maximum Gasteiger partial charge on any atom is 0.236 e. The number of benzene rings is 1. The van der Waals surface area contributed by atoms with Gasteiger partial charge in [-0.2, -0.15) is 0 Å². The van der Waals surface area contributed by atoms with Gasteiger partial charge in [-0.05, 0) is 23.5 Å². The molecule has 0 unspecified atom stereocenters. The van der Waals surface area contributed by atoms with Crippen LogP contribution in [0.5, 0.6) is 0 Å². The van der Waals surface area contributed by atoms with Crippen molar-refractivity contribution in [3.63, 3.8) is 0 Å². The third-order valence-electron chi connectivity index (χ3n) is 4.37. The first-order valence-electron chi connectivity index (χ1n) is 8.38. The Morgan fingerprint density at radius 1 is 1.21 bits per heavy atom. The van der Waals surface area contributed by atoms with E-state index in [0.29, 0.717) is 13.0 Å². The van der Waals surface area contributed by atoms with E-state index in [1.807, 2.05) is 11.8 Å². The molecule has 2 rings (SSSR count). The van der Waals surface area contributed by atoms with Crippen molar-refractivity contribution in [1.29, 1.82) is 0 Å². The largest absolute Gasteiger partial charge is 0.349 e. The number of hydrogen-bond acceptors (Lipinski definition) is 3. The van der Waals surface area contributed by atoms with Gasteiger partial charge in [0, 0.05) is 27.1 Å². The number of amides is 2. The lowest BCUT2D eigenvalue weighted by Gasteiger charge is -2.26. The summed E-state index contributed by atoms with van der Waals surface area (Å²) in [6.07, 6.45) is 0.364. The van der Waals surface area contributed by atoms with E-state index < -0.39 is 0 Å². The molecule has 5 heteroatoms. The van der Waals surface area contributed by atoms with Crippen LogP contribution in [0.3, 0.4) is 0 Å². The molecule has 2 atom stereocenters. The fourth-order valence-electron chi connectivity index (χ4n) is 2.75. The lowest BCUT2D eigenvalue weighted by atomic mass is 9.86. The molecule has 0 aromatic heterocycles. The van der Waals surface area contributed by atoms with Crippen molar-refractivity contribution < 1.29 is 9.59 Å². The van der Waals surface area contributed by atoms with Crippen molar-refractivity contribution in [2.75, 3.05) is 20.6 Å². The van der Waals surface area contributed by atoms with E-state index in [2.05, 4.69) is 45.0 Å². The molecule has 0 saturated carbocycles. The molecule has 0 aliphatic carbocycles. The van der Waals surface area contributed by atoms with Crippen LogP contribution in [0.1, 0.15) is 50.6 Å². The van der Waals surface area contributed by atoms with Crippen LogP contribution >= 0.6 is 11.8 Å². The van der Waals surface area contributed by atoms with Crippen molar-refractivity contribution in [2.24, 2.45) is 0 Å². The molecular formula is C19H28N2O2S. The molecule has 132 valence electrons. The van der Waals surface area contributed by atoms with Gasteiger partial charge in [-0.3, -0.25) is 9.59 Å². The van der Waals surface area contributed by atoms with E-state index in [1.165, 1.54) is 5.56 Å². The highest BCUT2D eigenvalue weighted by Crippen LogP contribution is 2.43. The minimum absolute atomic E-state index is 0.00326. The zero-order valence-corrected chi connectivity index (χ0v) is 16.3. The smallest absolute Gasteiger partial charge is 0.236 e. The van der Waals surface area contributed by atoms with E-state index in [9.17, 15) is 9.59 Å². The fraction of sp³-hybridized carbons (Fsp3) is 0.579. The Hall–Kier alpha value is -1.49. The van der Waals surface area contributed by atoms with Crippen LogP contribution in [0, 0.1) is 0 Å². The minimum Gasteiger partial charge on any atom is -0.349 e. The van der Waals surface area contributed by atoms with Crippen LogP contribution in [0.4, 0.5) is 0 Å². The Balaban J connectivity index is 2.17. The molecule has 1 fully saturated rings. The Bertz CT molecular complexity index is 605.